The number of amides is 1. The van der Waals surface area contributed by atoms with Crippen molar-refractivity contribution in [1.82, 2.24) is 10.6 Å². The molecule has 0 heterocycles. The van der Waals surface area contributed by atoms with Crippen molar-refractivity contribution in [1.29, 1.82) is 0 Å². The number of alkyl carbamates (subject to hydrolysis) is 1. The number of rotatable bonds is 7. The summed E-state index contributed by atoms with van der Waals surface area (Å²) in [6.45, 7) is 8.51. The van der Waals surface area contributed by atoms with Gasteiger partial charge in [0.15, 0.2) is 0 Å². The fraction of sp³-hybridized carbons (Fsp3) is 0.588. The number of nitrogens with one attached hydrogen (secondary N) is 2. The van der Waals surface area contributed by atoms with Gasteiger partial charge in [-0.15, -0.1) is 0 Å². The molecule has 1 aromatic rings. The van der Waals surface area contributed by atoms with Gasteiger partial charge in [-0.25, -0.2) is 9.18 Å². The molecular weight excluding hydrogens is 319 g/mol. The van der Waals surface area contributed by atoms with E-state index in [1.807, 2.05) is 20.8 Å². The number of benzene rings is 1. The lowest BCUT2D eigenvalue weighted by atomic mass is 10.1. The third-order valence-corrected chi connectivity index (χ3v) is 3.41. The van der Waals surface area contributed by atoms with E-state index in [0.717, 1.165) is 18.4 Å². The zero-order valence-electron chi connectivity index (χ0n) is 14.2. The van der Waals surface area contributed by atoms with E-state index in [1.54, 1.807) is 12.1 Å². The molecule has 1 aromatic carbocycles. The van der Waals surface area contributed by atoms with Crippen molar-refractivity contribution in [3.8, 4) is 0 Å². The van der Waals surface area contributed by atoms with Crippen LogP contribution in [0.1, 0.15) is 46.1 Å². The Morgan fingerprint density at radius 3 is 2.65 bits per heavy atom. The highest BCUT2D eigenvalue weighted by Gasteiger charge is 2.17. The first-order valence-corrected chi connectivity index (χ1v) is 8.23. The van der Waals surface area contributed by atoms with E-state index in [4.69, 9.17) is 16.3 Å². The second-order valence-electron chi connectivity index (χ2n) is 6.50. The lowest BCUT2D eigenvalue weighted by Crippen LogP contribution is -2.42. The summed E-state index contributed by atoms with van der Waals surface area (Å²) in [5, 5.41) is 6.20. The van der Waals surface area contributed by atoms with Gasteiger partial charge in [0.25, 0.3) is 0 Å². The predicted molar refractivity (Wildman–Crippen MR) is 91.2 cm³/mol. The van der Waals surface area contributed by atoms with Crippen molar-refractivity contribution < 1.29 is 13.9 Å². The summed E-state index contributed by atoms with van der Waals surface area (Å²) < 4.78 is 18.6. The number of hydrogen-bond acceptors (Lipinski definition) is 3. The van der Waals surface area contributed by atoms with Crippen molar-refractivity contribution in [2.24, 2.45) is 0 Å². The molecule has 4 nitrogen and oxygen atoms in total. The van der Waals surface area contributed by atoms with Crippen LogP contribution in [0.3, 0.4) is 0 Å². The number of carbonyl (C=O) groups excluding carboxylic acids is 1. The Morgan fingerprint density at radius 1 is 1.39 bits per heavy atom. The molecular formula is C17H26ClFN2O2. The van der Waals surface area contributed by atoms with Crippen molar-refractivity contribution in [3.63, 3.8) is 0 Å². The normalized spacial score (nSPS) is 12.8. The number of carbonyl (C=O) groups is 1. The van der Waals surface area contributed by atoms with Crippen molar-refractivity contribution in [3.05, 3.63) is 34.6 Å². The van der Waals surface area contributed by atoms with E-state index in [1.165, 1.54) is 6.07 Å². The number of ether oxygens (including phenoxy) is 1. The van der Waals surface area contributed by atoms with Gasteiger partial charge < -0.3 is 15.4 Å². The first-order valence-electron chi connectivity index (χ1n) is 7.85. The first kappa shape index (κ1) is 19.7. The van der Waals surface area contributed by atoms with Gasteiger partial charge in [0.1, 0.15) is 11.4 Å². The molecule has 0 aliphatic carbocycles. The van der Waals surface area contributed by atoms with E-state index in [2.05, 4.69) is 17.6 Å². The van der Waals surface area contributed by atoms with Gasteiger partial charge in [-0.05, 0) is 44.9 Å². The molecule has 0 bridgehead atoms. The maximum atomic E-state index is 13.4. The molecule has 0 fully saturated rings. The molecule has 0 aliphatic heterocycles. The summed E-state index contributed by atoms with van der Waals surface area (Å²) in [4.78, 5) is 11.7. The molecule has 0 aromatic heterocycles. The molecule has 1 unspecified atom stereocenters. The van der Waals surface area contributed by atoms with E-state index in [9.17, 15) is 9.18 Å². The molecule has 0 saturated carbocycles. The van der Waals surface area contributed by atoms with E-state index < -0.39 is 17.5 Å². The third-order valence-electron chi connectivity index (χ3n) is 3.11. The van der Waals surface area contributed by atoms with Crippen LogP contribution in [0.2, 0.25) is 5.02 Å². The lowest BCUT2D eigenvalue weighted by Gasteiger charge is -2.22. The molecule has 1 amide bonds. The predicted octanol–water partition coefficient (Wildman–Crippen LogP) is 4.26. The van der Waals surface area contributed by atoms with E-state index >= 15 is 0 Å². The number of halogens is 2. The standard InChI is InChI=1S/C17H26ClFN2O2/c1-5-6-13(11-21-16(22)23-17(2,3)4)20-10-12-7-8-14(18)15(19)9-12/h7-9,13,20H,5-6,10-11H2,1-4H3,(H,21,22). The quantitative estimate of drug-likeness (QED) is 0.777. The molecule has 0 saturated heterocycles. The minimum atomic E-state index is -0.515. The van der Waals surface area contributed by atoms with Crippen molar-refractivity contribution >= 4 is 17.7 Å². The second-order valence-corrected chi connectivity index (χ2v) is 6.90. The zero-order valence-corrected chi connectivity index (χ0v) is 15.0. The average molecular weight is 345 g/mol. The van der Waals surface area contributed by atoms with E-state index in [-0.39, 0.29) is 11.1 Å². The summed E-state index contributed by atoms with van der Waals surface area (Å²) in [6, 6.07) is 4.83. The minimum Gasteiger partial charge on any atom is -0.444 e. The van der Waals surface area contributed by atoms with Crippen LogP contribution in [0.5, 0.6) is 0 Å². The van der Waals surface area contributed by atoms with Crippen LogP contribution in [-0.2, 0) is 11.3 Å². The molecule has 0 aliphatic rings. The first-order chi connectivity index (χ1) is 10.7. The molecule has 23 heavy (non-hydrogen) atoms. The van der Waals surface area contributed by atoms with Crippen LogP contribution in [0.25, 0.3) is 0 Å². The van der Waals surface area contributed by atoms with Crippen LogP contribution in [0.4, 0.5) is 9.18 Å². The smallest absolute Gasteiger partial charge is 0.407 e. The molecule has 0 spiro atoms. The topological polar surface area (TPSA) is 50.4 Å². The second kappa shape index (κ2) is 9.08. The Morgan fingerprint density at radius 2 is 2.09 bits per heavy atom. The van der Waals surface area contributed by atoms with Gasteiger partial charge in [0.05, 0.1) is 5.02 Å². The highest BCUT2D eigenvalue weighted by Crippen LogP contribution is 2.15. The molecule has 130 valence electrons. The third kappa shape index (κ3) is 8.18. The Kier molecular flexibility index (Phi) is 7.79. The summed E-state index contributed by atoms with van der Waals surface area (Å²) in [5.74, 6) is -0.426. The molecule has 2 N–H and O–H groups in total. The summed E-state index contributed by atoms with van der Waals surface area (Å²) in [6.07, 6.45) is 1.44. The minimum absolute atomic E-state index is 0.0891. The van der Waals surface area contributed by atoms with Crippen LogP contribution < -0.4 is 10.6 Å². The summed E-state index contributed by atoms with van der Waals surface area (Å²) >= 11 is 5.67. The van der Waals surface area contributed by atoms with Crippen LogP contribution in [-0.4, -0.2) is 24.3 Å². The maximum Gasteiger partial charge on any atom is 0.407 e. The highest BCUT2D eigenvalue weighted by atomic mass is 35.5. The fourth-order valence-corrected chi connectivity index (χ4v) is 2.17. The van der Waals surface area contributed by atoms with Crippen LogP contribution in [0.15, 0.2) is 18.2 Å². The Labute approximate surface area is 142 Å². The van der Waals surface area contributed by atoms with Gasteiger partial charge in [-0.2, -0.15) is 0 Å². The number of hydrogen-bond donors (Lipinski definition) is 2. The Bertz CT molecular complexity index is 518. The molecule has 1 atom stereocenters. The Hall–Kier alpha value is -1.33. The largest absolute Gasteiger partial charge is 0.444 e. The zero-order chi connectivity index (χ0) is 17.5. The SMILES string of the molecule is CCCC(CNC(=O)OC(C)(C)C)NCc1ccc(Cl)c(F)c1. The maximum absolute atomic E-state index is 13.4. The van der Waals surface area contributed by atoms with Gasteiger partial charge in [-0.3, -0.25) is 0 Å². The molecule has 1 rings (SSSR count). The molecule has 6 heteroatoms. The summed E-state index contributed by atoms with van der Waals surface area (Å²) in [5.41, 5.74) is 0.295. The van der Waals surface area contributed by atoms with Gasteiger partial charge in [0.2, 0.25) is 0 Å². The van der Waals surface area contributed by atoms with Gasteiger partial charge in [-0.1, -0.05) is 31.0 Å². The lowest BCUT2D eigenvalue weighted by molar-refractivity contribution is 0.0521. The van der Waals surface area contributed by atoms with E-state index in [0.29, 0.717) is 13.1 Å². The van der Waals surface area contributed by atoms with Gasteiger partial charge in [0, 0.05) is 19.1 Å². The van der Waals surface area contributed by atoms with Crippen LogP contribution >= 0.6 is 11.6 Å². The van der Waals surface area contributed by atoms with Crippen molar-refractivity contribution in [2.45, 2.75) is 58.7 Å². The van der Waals surface area contributed by atoms with Gasteiger partial charge >= 0.3 is 6.09 Å². The molecule has 0 radical (unpaired) electrons. The average Bonchev–Trinajstić information content (AvgIpc) is 2.43. The Balaban J connectivity index is 2.48. The summed E-state index contributed by atoms with van der Waals surface area (Å²) in [7, 11) is 0. The van der Waals surface area contributed by atoms with Crippen molar-refractivity contribution in [2.75, 3.05) is 6.54 Å². The monoisotopic (exact) mass is 344 g/mol. The highest BCUT2D eigenvalue weighted by molar-refractivity contribution is 6.30. The fourth-order valence-electron chi connectivity index (χ4n) is 2.06. The van der Waals surface area contributed by atoms with Crippen LogP contribution in [0, 0.1) is 5.82 Å².